The Labute approximate surface area is 232 Å². The first kappa shape index (κ1) is 27.9. The second kappa shape index (κ2) is 13.1. The van der Waals surface area contributed by atoms with Crippen molar-refractivity contribution in [3.05, 3.63) is 60.9 Å². The standard InChI is InChI=1S/C26H28F3N9O3/c27-26(28,29)41-21-8-17(7-19(9-21)36-20-13-32-33-14-20)11-30-3-1-2-5-39-6-4-31-24-10-23(18-12-35-40-16-18)37-25-22(24)15-34-38-25/h7-10,12-16,30,36H,1-6,11H2,(H,32,33)(H2,31,34,37,38). The summed E-state index contributed by atoms with van der Waals surface area (Å²) in [5.74, 6) is -0.292. The summed E-state index contributed by atoms with van der Waals surface area (Å²) in [7, 11) is 0. The van der Waals surface area contributed by atoms with Gasteiger partial charge in [0.25, 0.3) is 0 Å². The summed E-state index contributed by atoms with van der Waals surface area (Å²) in [4.78, 5) is 4.54. The molecule has 0 atom stereocenters. The number of ether oxygens (including phenoxy) is 2. The molecule has 0 fully saturated rings. The zero-order valence-corrected chi connectivity index (χ0v) is 21.8. The second-order valence-electron chi connectivity index (χ2n) is 9.05. The van der Waals surface area contributed by atoms with Gasteiger partial charge >= 0.3 is 6.36 Å². The minimum atomic E-state index is -4.78. The van der Waals surface area contributed by atoms with Gasteiger partial charge in [-0.1, -0.05) is 5.16 Å². The molecule has 0 aliphatic heterocycles. The number of aromatic nitrogens is 6. The van der Waals surface area contributed by atoms with E-state index in [9.17, 15) is 13.2 Å². The van der Waals surface area contributed by atoms with E-state index in [4.69, 9.17) is 9.26 Å². The molecule has 0 radical (unpaired) electrons. The van der Waals surface area contributed by atoms with Gasteiger partial charge in [-0.05, 0) is 43.1 Å². The number of hydrogen-bond acceptors (Lipinski definition) is 10. The predicted octanol–water partition coefficient (Wildman–Crippen LogP) is 4.98. The summed E-state index contributed by atoms with van der Waals surface area (Å²) in [6, 6.07) is 6.33. The van der Waals surface area contributed by atoms with Gasteiger partial charge in [0.1, 0.15) is 12.0 Å². The molecule has 5 rings (SSSR count). The number of fused-ring (bicyclic) bond motifs is 1. The molecule has 41 heavy (non-hydrogen) atoms. The van der Waals surface area contributed by atoms with E-state index in [1.54, 1.807) is 24.7 Å². The van der Waals surface area contributed by atoms with Crippen molar-refractivity contribution in [3.8, 4) is 17.0 Å². The van der Waals surface area contributed by atoms with Crippen LogP contribution in [0.1, 0.15) is 18.4 Å². The molecule has 4 heterocycles. The highest BCUT2D eigenvalue weighted by Crippen LogP contribution is 2.29. The smallest absolute Gasteiger partial charge is 0.406 e. The Morgan fingerprint density at radius 2 is 1.88 bits per heavy atom. The molecule has 0 saturated carbocycles. The van der Waals surface area contributed by atoms with Crippen molar-refractivity contribution in [1.29, 1.82) is 0 Å². The van der Waals surface area contributed by atoms with E-state index in [0.29, 0.717) is 61.1 Å². The molecule has 216 valence electrons. The molecule has 5 aromatic rings. The maximum absolute atomic E-state index is 12.8. The van der Waals surface area contributed by atoms with Crippen molar-refractivity contribution >= 4 is 28.1 Å². The van der Waals surface area contributed by atoms with E-state index in [-0.39, 0.29) is 5.75 Å². The summed E-state index contributed by atoms with van der Waals surface area (Å²) in [6.45, 7) is 2.75. The van der Waals surface area contributed by atoms with Crippen LogP contribution in [0.2, 0.25) is 0 Å². The molecule has 0 aliphatic rings. The molecule has 0 amide bonds. The highest BCUT2D eigenvalue weighted by molar-refractivity contribution is 5.91. The first-order valence-corrected chi connectivity index (χ1v) is 12.8. The van der Waals surface area contributed by atoms with Gasteiger partial charge in [0.2, 0.25) is 0 Å². The number of halogens is 3. The van der Waals surface area contributed by atoms with Crippen LogP contribution in [0.4, 0.5) is 30.2 Å². The molecule has 0 bridgehead atoms. The Balaban J connectivity index is 1.01. The van der Waals surface area contributed by atoms with Gasteiger partial charge in [-0.25, -0.2) is 4.98 Å². The third kappa shape index (κ3) is 8.18. The van der Waals surface area contributed by atoms with Crippen molar-refractivity contribution in [3.63, 3.8) is 0 Å². The molecular weight excluding hydrogens is 543 g/mol. The number of aromatic amines is 2. The lowest BCUT2D eigenvalue weighted by Crippen LogP contribution is -2.18. The number of unbranched alkanes of at least 4 members (excludes halogenated alkanes) is 1. The molecular formula is C26H28F3N9O3. The monoisotopic (exact) mass is 571 g/mol. The van der Waals surface area contributed by atoms with E-state index in [1.807, 2.05) is 6.07 Å². The Hall–Kier alpha value is -4.63. The van der Waals surface area contributed by atoms with Crippen LogP contribution in [-0.4, -0.2) is 63.2 Å². The van der Waals surface area contributed by atoms with Crippen LogP contribution in [0.3, 0.4) is 0 Å². The van der Waals surface area contributed by atoms with E-state index >= 15 is 0 Å². The largest absolute Gasteiger partial charge is 0.573 e. The summed E-state index contributed by atoms with van der Waals surface area (Å²) >= 11 is 0. The first-order chi connectivity index (χ1) is 19.9. The van der Waals surface area contributed by atoms with E-state index in [2.05, 4.69) is 51.2 Å². The van der Waals surface area contributed by atoms with Crippen LogP contribution >= 0.6 is 0 Å². The van der Waals surface area contributed by atoms with Gasteiger partial charge < -0.3 is 29.9 Å². The Bertz CT molecular complexity index is 1510. The number of hydrogen-bond donors (Lipinski definition) is 5. The number of anilines is 3. The molecule has 0 spiro atoms. The topological polar surface area (TPSA) is 151 Å². The molecule has 5 N–H and O–H groups in total. The molecule has 15 heteroatoms. The van der Waals surface area contributed by atoms with Crippen LogP contribution in [0, 0.1) is 0 Å². The third-order valence-electron chi connectivity index (χ3n) is 5.92. The number of rotatable bonds is 15. The van der Waals surface area contributed by atoms with E-state index in [1.165, 1.54) is 24.6 Å². The molecule has 12 nitrogen and oxygen atoms in total. The maximum Gasteiger partial charge on any atom is 0.573 e. The number of benzene rings is 1. The Morgan fingerprint density at radius 1 is 0.951 bits per heavy atom. The molecule has 0 saturated heterocycles. The van der Waals surface area contributed by atoms with Crippen LogP contribution in [0.5, 0.6) is 5.75 Å². The number of H-pyrrole nitrogens is 2. The van der Waals surface area contributed by atoms with Gasteiger partial charge in [0.05, 0.1) is 47.5 Å². The highest BCUT2D eigenvalue weighted by atomic mass is 19.4. The van der Waals surface area contributed by atoms with Crippen molar-refractivity contribution in [2.75, 3.05) is 36.9 Å². The fourth-order valence-corrected chi connectivity index (χ4v) is 4.11. The highest BCUT2D eigenvalue weighted by Gasteiger charge is 2.31. The molecule has 4 aromatic heterocycles. The van der Waals surface area contributed by atoms with Crippen molar-refractivity contribution in [2.45, 2.75) is 25.7 Å². The lowest BCUT2D eigenvalue weighted by molar-refractivity contribution is -0.274. The average Bonchev–Trinajstić information content (AvgIpc) is 3.71. The number of alkyl halides is 3. The van der Waals surface area contributed by atoms with Crippen LogP contribution in [0.15, 0.2) is 59.8 Å². The summed E-state index contributed by atoms with van der Waals surface area (Å²) in [6.07, 6.45) is 4.87. The quantitative estimate of drug-likeness (QED) is 0.109. The molecule has 1 aromatic carbocycles. The summed E-state index contributed by atoms with van der Waals surface area (Å²) in [5, 5.41) is 27.7. The average molecular weight is 572 g/mol. The Kier molecular flexibility index (Phi) is 8.95. The zero-order valence-electron chi connectivity index (χ0n) is 21.8. The van der Waals surface area contributed by atoms with Crippen LogP contribution in [0.25, 0.3) is 22.3 Å². The van der Waals surface area contributed by atoms with Crippen molar-refractivity contribution in [2.24, 2.45) is 0 Å². The maximum atomic E-state index is 12.8. The summed E-state index contributed by atoms with van der Waals surface area (Å²) < 4.78 is 53.2. The SMILES string of the molecule is FC(F)(F)Oc1cc(CNCCCCOCCNc2cc(-c3cnoc3)nc3[nH]ncc23)cc(Nc2cn[nH]c2)c1. The van der Waals surface area contributed by atoms with Crippen molar-refractivity contribution in [1.82, 2.24) is 35.9 Å². The third-order valence-corrected chi connectivity index (χ3v) is 5.92. The lowest BCUT2D eigenvalue weighted by Gasteiger charge is -2.14. The lowest BCUT2D eigenvalue weighted by atomic mass is 10.1. The van der Waals surface area contributed by atoms with Crippen molar-refractivity contribution < 1.29 is 27.2 Å². The Morgan fingerprint density at radius 3 is 2.68 bits per heavy atom. The van der Waals surface area contributed by atoms with E-state index < -0.39 is 6.36 Å². The summed E-state index contributed by atoms with van der Waals surface area (Å²) in [5.41, 5.74) is 4.74. The van der Waals surface area contributed by atoms with Gasteiger partial charge in [0.15, 0.2) is 5.65 Å². The first-order valence-electron chi connectivity index (χ1n) is 12.8. The van der Waals surface area contributed by atoms with Crippen LogP contribution < -0.4 is 20.7 Å². The number of nitrogens with one attached hydrogen (secondary N) is 5. The number of nitrogens with zero attached hydrogens (tertiary/aromatic N) is 4. The van der Waals surface area contributed by atoms with Gasteiger partial charge in [-0.2, -0.15) is 10.2 Å². The minimum Gasteiger partial charge on any atom is -0.406 e. The fraction of sp³-hybridized carbons (Fsp3) is 0.308. The van der Waals surface area contributed by atoms with Gasteiger partial charge in [0, 0.05) is 43.3 Å². The normalized spacial score (nSPS) is 11.7. The molecule has 0 unspecified atom stereocenters. The van der Waals surface area contributed by atoms with Gasteiger partial charge in [-0.3, -0.25) is 10.2 Å². The number of pyridine rings is 1. The fourth-order valence-electron chi connectivity index (χ4n) is 4.11. The zero-order chi connectivity index (χ0) is 28.5. The minimum absolute atomic E-state index is 0.292. The molecule has 0 aliphatic carbocycles. The predicted molar refractivity (Wildman–Crippen MR) is 145 cm³/mol. The van der Waals surface area contributed by atoms with Crippen LogP contribution in [-0.2, 0) is 11.3 Å². The van der Waals surface area contributed by atoms with E-state index in [0.717, 1.165) is 29.5 Å². The second-order valence-corrected chi connectivity index (χ2v) is 9.05. The van der Waals surface area contributed by atoms with Gasteiger partial charge in [-0.15, -0.1) is 13.2 Å².